The minimum absolute atomic E-state index is 0.107. The summed E-state index contributed by atoms with van der Waals surface area (Å²) in [6, 6.07) is 18.9. The number of alkyl halides is 1. The number of rotatable bonds is 6. The van der Waals surface area contributed by atoms with Gasteiger partial charge in [-0.3, -0.25) is 0 Å². The van der Waals surface area contributed by atoms with Gasteiger partial charge >= 0.3 is 12.1 Å². The van der Waals surface area contributed by atoms with Gasteiger partial charge < -0.3 is 18.7 Å². The lowest BCUT2D eigenvalue weighted by atomic mass is 9.39. The zero-order chi connectivity index (χ0) is 23.4. The van der Waals surface area contributed by atoms with Crippen LogP contribution in [0.3, 0.4) is 0 Å². The molecular weight excluding hydrogens is 454 g/mol. The summed E-state index contributed by atoms with van der Waals surface area (Å²) in [5, 5.41) is 0. The van der Waals surface area contributed by atoms with Crippen LogP contribution in [0.15, 0.2) is 60.7 Å². The maximum Gasteiger partial charge on any atom is 0.511 e. The molecule has 2 aliphatic heterocycles. The van der Waals surface area contributed by atoms with Crippen molar-refractivity contribution in [2.45, 2.75) is 55.9 Å². The van der Waals surface area contributed by atoms with Gasteiger partial charge in [0.1, 0.15) is 23.6 Å². The highest BCUT2D eigenvalue weighted by atomic mass is 35.5. The average Bonchev–Trinajstić information content (AvgIpc) is 3.30. The molecule has 2 spiro atoms. The number of ether oxygens (including phenoxy) is 3. The number of carbonyl (C=O) groups excluding carboxylic acids is 2. The van der Waals surface area contributed by atoms with Crippen molar-refractivity contribution in [3.8, 4) is 0 Å². The Morgan fingerprint density at radius 3 is 2.09 bits per heavy atom. The van der Waals surface area contributed by atoms with Gasteiger partial charge in [-0.2, -0.15) is 0 Å². The van der Waals surface area contributed by atoms with Crippen molar-refractivity contribution in [2.24, 2.45) is 5.41 Å². The number of nitrogens with zero attached hydrogens (tertiary/aromatic N) is 1. The molecule has 2 heterocycles. The highest BCUT2D eigenvalue weighted by molar-refractivity contribution is 6.17. The predicted octanol–water partition coefficient (Wildman–Crippen LogP) is 4.74. The van der Waals surface area contributed by atoms with E-state index in [1.165, 1.54) is 36.8 Å². The Labute approximate surface area is 204 Å². The summed E-state index contributed by atoms with van der Waals surface area (Å²) in [5.74, 6) is -0.584. The van der Waals surface area contributed by atoms with E-state index in [2.05, 4.69) is 0 Å². The Morgan fingerprint density at radius 2 is 1.59 bits per heavy atom. The molecule has 0 amide bonds. The zero-order valence-corrected chi connectivity index (χ0v) is 19.8. The molecule has 178 valence electrons. The van der Waals surface area contributed by atoms with Crippen molar-refractivity contribution < 1.29 is 28.3 Å². The van der Waals surface area contributed by atoms with E-state index in [0.717, 1.165) is 12.8 Å². The molecule has 4 atom stereocenters. The third-order valence-corrected chi connectivity index (χ3v) is 9.18. The third kappa shape index (κ3) is 2.78. The molecule has 2 aromatic carbocycles. The standard InChI is InChI=1S/C27H29ClNO5/c28-18-32-25(31)34-27(19-9-3-1-4-10-19,20-11-5-2-6-12-20)24(30)33-23-17-22-26(23)14-13-21(26)29(22)15-7-8-16-29/h1-6,9-12,21-23H,7-8,13-18H2/q+1. The lowest BCUT2D eigenvalue weighted by Crippen LogP contribution is -2.94. The number of fused-ring (bicyclic) bond motifs is 2. The summed E-state index contributed by atoms with van der Waals surface area (Å²) in [5.41, 5.74) is -0.660. The number of piperidine rings is 2. The zero-order valence-electron chi connectivity index (χ0n) is 19.0. The molecule has 0 N–H and O–H groups in total. The van der Waals surface area contributed by atoms with E-state index in [1.807, 2.05) is 36.4 Å². The summed E-state index contributed by atoms with van der Waals surface area (Å²) in [6.45, 7) is 2.53. The first-order chi connectivity index (χ1) is 16.6. The van der Waals surface area contributed by atoms with Crippen LogP contribution in [-0.4, -0.2) is 54.0 Å². The SMILES string of the molecule is O=C(OCCl)OC(C(=O)OC1CC2C13CCC3[N+]21CCCC1)(c1ccccc1)c1ccccc1. The summed E-state index contributed by atoms with van der Waals surface area (Å²) in [4.78, 5) is 26.6. The molecule has 6 nitrogen and oxygen atoms in total. The number of benzene rings is 2. The monoisotopic (exact) mass is 482 g/mol. The second-order valence-electron chi connectivity index (χ2n) is 10.1. The second kappa shape index (κ2) is 7.99. The Bertz CT molecular complexity index is 1040. The number of hydrogen-bond donors (Lipinski definition) is 0. The van der Waals surface area contributed by atoms with Crippen molar-refractivity contribution in [1.82, 2.24) is 0 Å². The normalized spacial score (nSPS) is 30.1. The van der Waals surface area contributed by atoms with Crippen molar-refractivity contribution in [2.75, 3.05) is 19.2 Å². The van der Waals surface area contributed by atoms with Crippen LogP contribution in [0, 0.1) is 5.41 Å². The molecule has 6 rings (SSSR count). The third-order valence-electron chi connectivity index (χ3n) is 9.07. The molecule has 2 aliphatic carbocycles. The molecule has 2 aromatic rings. The van der Waals surface area contributed by atoms with Crippen molar-refractivity contribution in [1.29, 1.82) is 0 Å². The van der Waals surface area contributed by atoms with E-state index in [-0.39, 0.29) is 17.6 Å². The quantitative estimate of drug-likeness (QED) is 0.338. The molecule has 2 saturated heterocycles. The van der Waals surface area contributed by atoms with E-state index in [1.54, 1.807) is 24.3 Å². The summed E-state index contributed by atoms with van der Waals surface area (Å²) in [7, 11) is 0. The molecule has 0 radical (unpaired) electrons. The molecule has 4 fully saturated rings. The van der Waals surface area contributed by atoms with Gasteiger partial charge in [0.2, 0.25) is 0 Å². The van der Waals surface area contributed by atoms with Crippen LogP contribution in [0.4, 0.5) is 4.79 Å². The van der Waals surface area contributed by atoms with Gasteiger partial charge in [0.25, 0.3) is 5.60 Å². The predicted molar refractivity (Wildman–Crippen MR) is 125 cm³/mol. The fourth-order valence-corrected chi connectivity index (χ4v) is 7.74. The van der Waals surface area contributed by atoms with E-state index < -0.39 is 17.7 Å². The number of carbonyl (C=O) groups is 2. The highest BCUT2D eigenvalue weighted by Gasteiger charge is 2.86. The van der Waals surface area contributed by atoms with Crippen LogP contribution in [0.2, 0.25) is 0 Å². The lowest BCUT2D eigenvalue weighted by molar-refractivity contribution is -1.05. The maximum atomic E-state index is 14.1. The van der Waals surface area contributed by atoms with Crippen LogP contribution in [-0.2, 0) is 24.6 Å². The van der Waals surface area contributed by atoms with Crippen LogP contribution >= 0.6 is 11.6 Å². The Balaban J connectivity index is 1.34. The topological polar surface area (TPSA) is 61.8 Å². The Kier molecular flexibility index (Phi) is 5.15. The molecule has 0 aromatic heterocycles. The van der Waals surface area contributed by atoms with Crippen LogP contribution in [0.5, 0.6) is 0 Å². The van der Waals surface area contributed by atoms with Gasteiger partial charge in [0, 0.05) is 36.8 Å². The van der Waals surface area contributed by atoms with Gasteiger partial charge in [-0.1, -0.05) is 72.3 Å². The smallest absolute Gasteiger partial charge is 0.458 e. The van der Waals surface area contributed by atoms with E-state index in [9.17, 15) is 9.59 Å². The Morgan fingerprint density at radius 1 is 0.971 bits per heavy atom. The van der Waals surface area contributed by atoms with Crippen LogP contribution in [0.1, 0.15) is 43.2 Å². The van der Waals surface area contributed by atoms with Crippen LogP contribution in [0.25, 0.3) is 0 Å². The minimum atomic E-state index is -1.78. The first kappa shape index (κ1) is 21.9. The number of halogens is 1. The van der Waals surface area contributed by atoms with Gasteiger partial charge in [-0.15, -0.1) is 0 Å². The van der Waals surface area contributed by atoms with Gasteiger partial charge in [-0.25, -0.2) is 9.59 Å². The fraction of sp³-hybridized carbons (Fsp3) is 0.481. The van der Waals surface area contributed by atoms with E-state index in [0.29, 0.717) is 23.2 Å². The summed E-state index contributed by atoms with van der Waals surface area (Å²) in [6.07, 6.45) is 4.65. The molecule has 7 heteroatoms. The average molecular weight is 483 g/mol. The minimum Gasteiger partial charge on any atom is -0.458 e. The van der Waals surface area contributed by atoms with Crippen molar-refractivity contribution in [3.63, 3.8) is 0 Å². The van der Waals surface area contributed by atoms with E-state index in [4.69, 9.17) is 25.8 Å². The second-order valence-corrected chi connectivity index (χ2v) is 10.3. The van der Waals surface area contributed by atoms with Crippen molar-refractivity contribution in [3.05, 3.63) is 71.8 Å². The highest BCUT2D eigenvalue weighted by Crippen LogP contribution is 2.73. The molecular formula is C27H29ClNO5+. The molecule has 34 heavy (non-hydrogen) atoms. The molecule has 0 bridgehead atoms. The van der Waals surface area contributed by atoms with Crippen LogP contribution < -0.4 is 0 Å². The molecule has 4 aliphatic rings. The number of hydrogen-bond acceptors (Lipinski definition) is 5. The largest absolute Gasteiger partial charge is 0.511 e. The summed E-state index contributed by atoms with van der Waals surface area (Å²) < 4.78 is 18.2. The van der Waals surface area contributed by atoms with E-state index >= 15 is 0 Å². The Hall–Kier alpha value is -2.57. The van der Waals surface area contributed by atoms with Gasteiger partial charge in [0.05, 0.1) is 13.1 Å². The first-order valence-corrected chi connectivity index (χ1v) is 12.7. The van der Waals surface area contributed by atoms with Gasteiger partial charge in [0.15, 0.2) is 6.07 Å². The van der Waals surface area contributed by atoms with Gasteiger partial charge in [-0.05, 0) is 6.42 Å². The number of esters is 1. The molecule has 4 unspecified atom stereocenters. The lowest BCUT2D eigenvalue weighted by Gasteiger charge is -2.80. The molecule has 2 saturated carbocycles. The summed E-state index contributed by atoms with van der Waals surface area (Å²) >= 11 is 5.62. The fourth-order valence-electron chi connectivity index (χ4n) is 7.65. The van der Waals surface area contributed by atoms with Crippen molar-refractivity contribution >= 4 is 23.7 Å². The first-order valence-electron chi connectivity index (χ1n) is 12.2. The maximum absolute atomic E-state index is 14.1. The number of quaternary nitrogens is 1.